The fraction of sp³-hybridized carbons (Fsp3) is 0.435. The zero-order valence-corrected chi connectivity index (χ0v) is 16.2. The van der Waals surface area contributed by atoms with E-state index in [1.54, 1.807) is 0 Å². The molecule has 0 fully saturated rings. The first-order valence-corrected chi connectivity index (χ1v) is 9.98. The molecule has 2 aromatic carbocycles. The summed E-state index contributed by atoms with van der Waals surface area (Å²) in [6.45, 7) is 2.33. The minimum absolute atomic E-state index is 0.0372. The first-order chi connectivity index (χ1) is 13.2. The van der Waals surface area contributed by atoms with Crippen molar-refractivity contribution in [3.63, 3.8) is 0 Å². The third kappa shape index (κ3) is 5.83. The number of carbonyl (C=O) groups is 1. The highest BCUT2D eigenvalue weighted by Gasteiger charge is 2.18. The van der Waals surface area contributed by atoms with E-state index in [1.165, 1.54) is 12.0 Å². The van der Waals surface area contributed by atoms with Crippen LogP contribution in [0.5, 0.6) is 5.75 Å². The standard InChI is InChI=1S/C23H30N2O2/c1-25-16-10-3-2-9-15-24-20(17-19-11-5-4-6-12-19)18-27-22-14-8-7-13-21(22)23(25)26/h4-8,11-14,20,24H,2-3,9-10,15-18H2,1H3/t20-/m0/s1. The van der Waals surface area contributed by atoms with Gasteiger partial charge in [0.1, 0.15) is 12.4 Å². The van der Waals surface area contributed by atoms with Crippen molar-refractivity contribution < 1.29 is 9.53 Å². The Morgan fingerprint density at radius 1 is 1.00 bits per heavy atom. The molecule has 0 saturated carbocycles. The summed E-state index contributed by atoms with van der Waals surface area (Å²) in [7, 11) is 1.88. The van der Waals surface area contributed by atoms with E-state index in [0.29, 0.717) is 17.9 Å². The molecule has 144 valence electrons. The second-order valence-corrected chi connectivity index (χ2v) is 7.29. The number of amides is 1. The molecule has 0 aliphatic carbocycles. The summed E-state index contributed by atoms with van der Waals surface area (Å²) in [5.74, 6) is 0.710. The van der Waals surface area contributed by atoms with Gasteiger partial charge in [0.05, 0.1) is 5.56 Å². The molecule has 4 nitrogen and oxygen atoms in total. The second kappa shape index (κ2) is 10.1. The molecule has 1 atom stereocenters. The summed E-state index contributed by atoms with van der Waals surface area (Å²) in [5, 5.41) is 3.65. The van der Waals surface area contributed by atoms with Crippen LogP contribution in [0.15, 0.2) is 54.6 Å². The van der Waals surface area contributed by atoms with Gasteiger partial charge in [-0.2, -0.15) is 0 Å². The molecular formula is C23H30N2O2. The van der Waals surface area contributed by atoms with Crippen LogP contribution < -0.4 is 10.1 Å². The van der Waals surface area contributed by atoms with Crippen molar-refractivity contribution in [2.45, 2.75) is 38.1 Å². The van der Waals surface area contributed by atoms with E-state index in [4.69, 9.17) is 4.74 Å². The average molecular weight is 367 g/mol. The molecule has 4 heteroatoms. The highest BCUT2D eigenvalue weighted by Crippen LogP contribution is 2.21. The zero-order chi connectivity index (χ0) is 18.9. The first-order valence-electron chi connectivity index (χ1n) is 9.98. The molecule has 2 aromatic rings. The number of nitrogens with one attached hydrogen (secondary N) is 1. The van der Waals surface area contributed by atoms with Crippen molar-refractivity contribution in [3.8, 4) is 5.75 Å². The maximum absolute atomic E-state index is 12.8. The Balaban J connectivity index is 1.76. The molecule has 3 rings (SSSR count). The monoisotopic (exact) mass is 366 g/mol. The predicted octanol–water partition coefficient (Wildman–Crippen LogP) is 3.91. The van der Waals surface area contributed by atoms with Crippen molar-refractivity contribution in [2.75, 3.05) is 26.7 Å². The van der Waals surface area contributed by atoms with Gasteiger partial charge in [0, 0.05) is 19.6 Å². The fourth-order valence-electron chi connectivity index (χ4n) is 3.49. The summed E-state index contributed by atoms with van der Waals surface area (Å²) < 4.78 is 6.13. The van der Waals surface area contributed by atoms with E-state index in [-0.39, 0.29) is 11.9 Å². The molecule has 0 aromatic heterocycles. The van der Waals surface area contributed by atoms with Crippen LogP contribution >= 0.6 is 0 Å². The number of fused-ring (bicyclic) bond motifs is 1. The molecule has 0 spiro atoms. The molecule has 1 N–H and O–H groups in total. The van der Waals surface area contributed by atoms with E-state index >= 15 is 0 Å². The molecule has 1 aliphatic heterocycles. The number of hydrogen-bond donors (Lipinski definition) is 1. The van der Waals surface area contributed by atoms with Gasteiger partial charge in [0.25, 0.3) is 5.91 Å². The van der Waals surface area contributed by atoms with Crippen molar-refractivity contribution >= 4 is 5.91 Å². The summed E-state index contributed by atoms with van der Waals surface area (Å²) in [6, 6.07) is 18.3. The van der Waals surface area contributed by atoms with E-state index in [1.807, 2.05) is 42.3 Å². The van der Waals surface area contributed by atoms with Gasteiger partial charge >= 0.3 is 0 Å². The maximum atomic E-state index is 12.8. The summed E-state index contributed by atoms with van der Waals surface area (Å²) >= 11 is 0. The first kappa shape index (κ1) is 19.4. The van der Waals surface area contributed by atoms with Crippen LogP contribution in [0.2, 0.25) is 0 Å². The Morgan fingerprint density at radius 2 is 1.74 bits per heavy atom. The van der Waals surface area contributed by atoms with Crippen LogP contribution in [0.25, 0.3) is 0 Å². The summed E-state index contributed by atoms with van der Waals surface area (Å²) in [5.41, 5.74) is 1.94. The van der Waals surface area contributed by atoms with Crippen LogP contribution in [0.3, 0.4) is 0 Å². The zero-order valence-electron chi connectivity index (χ0n) is 16.2. The van der Waals surface area contributed by atoms with Crippen LogP contribution in [-0.4, -0.2) is 43.6 Å². The van der Waals surface area contributed by atoms with Crippen LogP contribution in [0.1, 0.15) is 41.6 Å². The lowest BCUT2D eigenvalue weighted by molar-refractivity contribution is 0.0787. The highest BCUT2D eigenvalue weighted by atomic mass is 16.5. The maximum Gasteiger partial charge on any atom is 0.257 e. The van der Waals surface area contributed by atoms with Gasteiger partial charge in [-0.1, -0.05) is 55.3 Å². The molecule has 0 bridgehead atoms. The minimum Gasteiger partial charge on any atom is -0.491 e. The molecule has 1 amide bonds. The van der Waals surface area contributed by atoms with Crippen LogP contribution in [0.4, 0.5) is 0 Å². The van der Waals surface area contributed by atoms with Crippen molar-refractivity contribution in [1.29, 1.82) is 0 Å². The molecule has 27 heavy (non-hydrogen) atoms. The minimum atomic E-state index is 0.0372. The van der Waals surface area contributed by atoms with E-state index in [0.717, 1.165) is 38.8 Å². The smallest absolute Gasteiger partial charge is 0.257 e. The molecular weight excluding hydrogens is 336 g/mol. The molecule has 1 heterocycles. The van der Waals surface area contributed by atoms with Crippen LogP contribution in [-0.2, 0) is 6.42 Å². The van der Waals surface area contributed by atoms with Crippen molar-refractivity contribution in [2.24, 2.45) is 0 Å². The molecule has 1 aliphatic rings. The van der Waals surface area contributed by atoms with Gasteiger partial charge in [0.2, 0.25) is 0 Å². The number of hydrogen-bond acceptors (Lipinski definition) is 3. The number of ether oxygens (including phenoxy) is 1. The average Bonchev–Trinajstić information content (AvgIpc) is 2.70. The lowest BCUT2D eigenvalue weighted by Gasteiger charge is -2.23. The normalized spacial score (nSPS) is 19.7. The number of para-hydroxylation sites is 1. The van der Waals surface area contributed by atoms with Gasteiger partial charge in [0.15, 0.2) is 0 Å². The topological polar surface area (TPSA) is 41.6 Å². The highest BCUT2D eigenvalue weighted by molar-refractivity contribution is 5.96. The Kier molecular flexibility index (Phi) is 7.28. The number of rotatable bonds is 2. The second-order valence-electron chi connectivity index (χ2n) is 7.29. The molecule has 0 saturated heterocycles. The number of benzene rings is 2. The van der Waals surface area contributed by atoms with E-state index in [9.17, 15) is 4.79 Å². The quantitative estimate of drug-likeness (QED) is 0.876. The van der Waals surface area contributed by atoms with E-state index < -0.39 is 0 Å². The van der Waals surface area contributed by atoms with Gasteiger partial charge in [-0.3, -0.25) is 4.79 Å². The van der Waals surface area contributed by atoms with Gasteiger partial charge in [-0.05, 0) is 43.5 Å². The third-order valence-electron chi connectivity index (χ3n) is 5.08. The lowest BCUT2D eigenvalue weighted by atomic mass is 10.1. The lowest BCUT2D eigenvalue weighted by Crippen LogP contribution is -2.37. The fourth-order valence-corrected chi connectivity index (χ4v) is 3.49. The summed E-state index contributed by atoms with van der Waals surface area (Å²) in [6.07, 6.45) is 5.44. The van der Waals surface area contributed by atoms with Gasteiger partial charge in [-0.25, -0.2) is 0 Å². The number of carbonyl (C=O) groups excluding carboxylic acids is 1. The molecule has 0 unspecified atom stereocenters. The van der Waals surface area contributed by atoms with Crippen LogP contribution in [0, 0.1) is 0 Å². The largest absolute Gasteiger partial charge is 0.491 e. The Hall–Kier alpha value is -2.33. The SMILES string of the molecule is CN1CCCCCCN[C@@H](Cc2ccccc2)COc2ccccc2C1=O. The van der Waals surface area contributed by atoms with Crippen molar-refractivity contribution in [1.82, 2.24) is 10.2 Å². The Morgan fingerprint density at radius 3 is 2.59 bits per heavy atom. The van der Waals surface area contributed by atoms with E-state index in [2.05, 4.69) is 29.6 Å². The van der Waals surface area contributed by atoms with Crippen molar-refractivity contribution in [3.05, 3.63) is 65.7 Å². The molecule has 0 radical (unpaired) electrons. The van der Waals surface area contributed by atoms with Gasteiger partial charge in [-0.15, -0.1) is 0 Å². The Labute approximate surface area is 162 Å². The Bertz CT molecular complexity index is 717. The predicted molar refractivity (Wildman–Crippen MR) is 109 cm³/mol. The summed E-state index contributed by atoms with van der Waals surface area (Å²) in [4.78, 5) is 14.6. The van der Waals surface area contributed by atoms with Gasteiger partial charge < -0.3 is 15.0 Å². The number of nitrogens with zero attached hydrogens (tertiary/aromatic N) is 1. The third-order valence-corrected chi connectivity index (χ3v) is 5.08.